The highest BCUT2D eigenvalue weighted by molar-refractivity contribution is 9.10. The molecule has 1 amide bonds. The smallest absolute Gasteiger partial charge is 0.340 e. The summed E-state index contributed by atoms with van der Waals surface area (Å²) in [6.07, 6.45) is 1.70. The van der Waals surface area contributed by atoms with Gasteiger partial charge in [0.1, 0.15) is 0 Å². The van der Waals surface area contributed by atoms with Crippen molar-refractivity contribution in [3.05, 3.63) is 70.5 Å². The Kier molecular flexibility index (Phi) is 5.18. The molecule has 7 heteroatoms. The molecule has 0 unspecified atom stereocenters. The van der Waals surface area contributed by atoms with E-state index >= 15 is 0 Å². The fourth-order valence-corrected chi connectivity index (χ4v) is 2.79. The summed E-state index contributed by atoms with van der Waals surface area (Å²) in [6, 6.07) is 13.7. The first kappa shape index (κ1) is 17.9. The van der Waals surface area contributed by atoms with Gasteiger partial charge in [-0.1, -0.05) is 22.0 Å². The fraction of sp³-hybridized carbons (Fsp3) is 0.105. The largest absolute Gasteiger partial charge is 0.452 e. The number of carbonyl (C=O) groups is 3. The number of aromatic nitrogens is 1. The maximum atomic E-state index is 12.4. The third kappa shape index (κ3) is 3.83. The Labute approximate surface area is 157 Å². The number of benzene rings is 1. The Bertz CT molecular complexity index is 992. The number of esters is 1. The van der Waals surface area contributed by atoms with Crippen molar-refractivity contribution in [3.63, 3.8) is 0 Å². The average Bonchev–Trinajstić information content (AvgIpc) is 3.02. The van der Waals surface area contributed by atoms with Gasteiger partial charge >= 0.3 is 5.97 Å². The van der Waals surface area contributed by atoms with E-state index in [9.17, 15) is 14.4 Å². The maximum absolute atomic E-state index is 12.4. The van der Waals surface area contributed by atoms with Gasteiger partial charge in [-0.05, 0) is 42.5 Å². The van der Waals surface area contributed by atoms with Crippen molar-refractivity contribution in [2.24, 2.45) is 0 Å². The summed E-state index contributed by atoms with van der Waals surface area (Å²) >= 11 is 3.31. The van der Waals surface area contributed by atoms with Gasteiger partial charge in [0.25, 0.3) is 5.91 Å². The molecule has 0 aliphatic rings. The molecule has 0 saturated carbocycles. The predicted octanol–water partition coefficient (Wildman–Crippen LogP) is 3.70. The van der Waals surface area contributed by atoms with Crippen molar-refractivity contribution in [2.75, 3.05) is 11.9 Å². The number of hydrogen-bond acceptors (Lipinski definition) is 4. The highest BCUT2D eigenvalue weighted by Gasteiger charge is 2.19. The molecule has 0 radical (unpaired) electrons. The Hall–Kier alpha value is -2.93. The molecule has 2 heterocycles. The molecule has 0 atom stereocenters. The number of carbonyl (C=O) groups excluding carboxylic acids is 3. The zero-order valence-electron chi connectivity index (χ0n) is 13.9. The second-order valence-corrected chi connectivity index (χ2v) is 6.50. The van der Waals surface area contributed by atoms with Crippen molar-refractivity contribution in [2.45, 2.75) is 6.92 Å². The van der Waals surface area contributed by atoms with E-state index in [0.29, 0.717) is 16.9 Å². The highest BCUT2D eigenvalue weighted by Crippen LogP contribution is 2.19. The van der Waals surface area contributed by atoms with E-state index in [-0.39, 0.29) is 11.3 Å². The van der Waals surface area contributed by atoms with Crippen LogP contribution in [0.3, 0.4) is 0 Å². The normalized spacial score (nSPS) is 10.5. The van der Waals surface area contributed by atoms with E-state index in [4.69, 9.17) is 4.74 Å². The van der Waals surface area contributed by atoms with Crippen LogP contribution >= 0.6 is 15.9 Å². The molecule has 0 spiro atoms. The minimum absolute atomic E-state index is 0.168. The topological polar surface area (TPSA) is 76.9 Å². The van der Waals surface area contributed by atoms with E-state index in [1.807, 2.05) is 0 Å². The van der Waals surface area contributed by atoms with Crippen LogP contribution in [-0.4, -0.2) is 28.7 Å². The number of hydrogen-bond donors (Lipinski definition) is 1. The Morgan fingerprint density at radius 3 is 2.54 bits per heavy atom. The minimum Gasteiger partial charge on any atom is -0.452 e. The SMILES string of the molecule is CC(=O)c1cc(C(=O)OCC(=O)Nc2ccc(Br)cc2)c2ccccn12. The number of pyridine rings is 1. The number of nitrogens with one attached hydrogen (secondary N) is 1. The van der Waals surface area contributed by atoms with Crippen molar-refractivity contribution < 1.29 is 19.1 Å². The van der Waals surface area contributed by atoms with Gasteiger partial charge in [-0.3, -0.25) is 9.59 Å². The molecule has 0 bridgehead atoms. The molecular formula is C19H15BrN2O4. The summed E-state index contributed by atoms with van der Waals surface area (Å²) in [6.45, 7) is 1.00. The third-order valence-electron chi connectivity index (χ3n) is 3.72. The van der Waals surface area contributed by atoms with E-state index in [1.54, 1.807) is 53.1 Å². The number of anilines is 1. The predicted molar refractivity (Wildman–Crippen MR) is 100 cm³/mol. The van der Waals surface area contributed by atoms with Crippen molar-refractivity contribution in [1.29, 1.82) is 0 Å². The van der Waals surface area contributed by atoms with Gasteiger partial charge in [0.15, 0.2) is 12.4 Å². The summed E-state index contributed by atoms with van der Waals surface area (Å²) in [5.74, 6) is -1.28. The summed E-state index contributed by atoms with van der Waals surface area (Å²) in [7, 11) is 0. The van der Waals surface area contributed by atoms with Gasteiger partial charge in [-0.25, -0.2) is 4.79 Å². The molecule has 3 aromatic rings. The molecule has 0 aliphatic carbocycles. The van der Waals surface area contributed by atoms with Gasteiger partial charge in [0.05, 0.1) is 16.8 Å². The van der Waals surface area contributed by atoms with Crippen LogP contribution in [-0.2, 0) is 9.53 Å². The van der Waals surface area contributed by atoms with E-state index < -0.39 is 18.5 Å². The van der Waals surface area contributed by atoms with Crippen molar-refractivity contribution in [1.82, 2.24) is 4.40 Å². The van der Waals surface area contributed by atoms with Crippen LogP contribution in [0.25, 0.3) is 5.52 Å². The van der Waals surface area contributed by atoms with Crippen LogP contribution in [0, 0.1) is 0 Å². The van der Waals surface area contributed by atoms with Crippen molar-refractivity contribution >= 4 is 44.8 Å². The van der Waals surface area contributed by atoms with Crippen LogP contribution < -0.4 is 5.32 Å². The fourth-order valence-electron chi connectivity index (χ4n) is 2.53. The average molecular weight is 415 g/mol. The van der Waals surface area contributed by atoms with E-state index in [2.05, 4.69) is 21.2 Å². The first-order valence-electron chi connectivity index (χ1n) is 7.79. The van der Waals surface area contributed by atoms with Gasteiger partial charge in [0.2, 0.25) is 0 Å². The number of ether oxygens (including phenoxy) is 1. The molecule has 0 aliphatic heterocycles. The maximum Gasteiger partial charge on any atom is 0.340 e. The lowest BCUT2D eigenvalue weighted by Crippen LogP contribution is -2.20. The summed E-state index contributed by atoms with van der Waals surface area (Å²) in [4.78, 5) is 36.1. The number of amides is 1. The lowest BCUT2D eigenvalue weighted by atomic mass is 10.2. The second kappa shape index (κ2) is 7.53. The number of fused-ring (bicyclic) bond motifs is 1. The van der Waals surface area contributed by atoms with Crippen LogP contribution in [0.1, 0.15) is 27.8 Å². The molecule has 132 valence electrons. The summed E-state index contributed by atoms with van der Waals surface area (Å²) in [5.41, 5.74) is 1.78. The molecule has 0 fully saturated rings. The lowest BCUT2D eigenvalue weighted by Gasteiger charge is -2.06. The molecule has 26 heavy (non-hydrogen) atoms. The van der Waals surface area contributed by atoms with Crippen LogP contribution in [0.4, 0.5) is 5.69 Å². The van der Waals surface area contributed by atoms with Gasteiger partial charge < -0.3 is 14.5 Å². The molecule has 0 saturated heterocycles. The van der Waals surface area contributed by atoms with Gasteiger partial charge in [-0.15, -0.1) is 0 Å². The lowest BCUT2D eigenvalue weighted by molar-refractivity contribution is -0.119. The minimum atomic E-state index is -0.660. The molecule has 3 rings (SSSR count). The number of Topliss-reactive ketones (excluding diaryl/α,β-unsaturated/α-hetero) is 1. The van der Waals surface area contributed by atoms with E-state index in [1.165, 1.54) is 13.0 Å². The first-order chi connectivity index (χ1) is 12.5. The van der Waals surface area contributed by atoms with Crippen LogP contribution in [0.5, 0.6) is 0 Å². The van der Waals surface area contributed by atoms with Crippen LogP contribution in [0.2, 0.25) is 0 Å². The number of rotatable bonds is 5. The quantitative estimate of drug-likeness (QED) is 0.509. The summed E-state index contributed by atoms with van der Waals surface area (Å²) < 4.78 is 7.62. The number of halogens is 1. The van der Waals surface area contributed by atoms with Crippen molar-refractivity contribution in [3.8, 4) is 0 Å². The monoisotopic (exact) mass is 414 g/mol. The molecular weight excluding hydrogens is 400 g/mol. The summed E-state index contributed by atoms with van der Waals surface area (Å²) in [5, 5.41) is 2.64. The highest BCUT2D eigenvalue weighted by atomic mass is 79.9. The van der Waals surface area contributed by atoms with E-state index in [0.717, 1.165) is 4.47 Å². The molecule has 2 aromatic heterocycles. The Balaban J connectivity index is 1.70. The first-order valence-corrected chi connectivity index (χ1v) is 8.58. The number of nitrogens with zero attached hydrogens (tertiary/aromatic N) is 1. The molecule has 6 nitrogen and oxygen atoms in total. The zero-order valence-corrected chi connectivity index (χ0v) is 15.4. The van der Waals surface area contributed by atoms with Gasteiger partial charge in [0, 0.05) is 23.3 Å². The second-order valence-electron chi connectivity index (χ2n) is 5.59. The Morgan fingerprint density at radius 1 is 1.12 bits per heavy atom. The zero-order chi connectivity index (χ0) is 18.7. The third-order valence-corrected chi connectivity index (χ3v) is 4.25. The molecule has 1 N–H and O–H groups in total. The number of ketones is 1. The van der Waals surface area contributed by atoms with Crippen LogP contribution in [0.15, 0.2) is 59.2 Å². The van der Waals surface area contributed by atoms with Gasteiger partial charge in [-0.2, -0.15) is 0 Å². The standard InChI is InChI=1S/C19H15BrN2O4/c1-12(23)17-10-15(16-4-2-3-9-22(16)17)19(25)26-11-18(24)21-14-7-5-13(20)6-8-14/h2-10H,11H2,1H3,(H,21,24). The molecule has 1 aromatic carbocycles. The Morgan fingerprint density at radius 2 is 1.85 bits per heavy atom.